The van der Waals surface area contributed by atoms with E-state index in [4.69, 9.17) is 24.4 Å². The van der Waals surface area contributed by atoms with Crippen LogP contribution in [-0.2, 0) is 14.3 Å². The minimum Gasteiger partial charge on any atom is -0.490 e. The van der Waals surface area contributed by atoms with Crippen molar-refractivity contribution in [3.63, 3.8) is 0 Å². The summed E-state index contributed by atoms with van der Waals surface area (Å²) in [6, 6.07) is 11.7. The van der Waals surface area contributed by atoms with Gasteiger partial charge in [-0.15, -0.1) is 0 Å². The van der Waals surface area contributed by atoms with Crippen molar-refractivity contribution in [2.24, 2.45) is 0 Å². The summed E-state index contributed by atoms with van der Waals surface area (Å²) in [4.78, 5) is 28.9. The maximum absolute atomic E-state index is 13.8. The number of para-hydroxylation sites is 1. The van der Waals surface area contributed by atoms with Crippen LogP contribution in [0.25, 0.3) is 0 Å². The Kier molecular flexibility index (Phi) is 7.50. The number of fused-ring (bicyclic) bond motifs is 2. The van der Waals surface area contributed by atoms with Crippen molar-refractivity contribution < 1.29 is 28.5 Å². The molecular weight excluding hydrogens is 524 g/mol. The van der Waals surface area contributed by atoms with Crippen molar-refractivity contribution in [2.45, 2.75) is 75.8 Å². The molecule has 1 saturated heterocycles. The van der Waals surface area contributed by atoms with Gasteiger partial charge in [0, 0.05) is 36.4 Å². The third kappa shape index (κ3) is 4.82. The molecular formula is C31H40N4O6. The number of rotatable bonds is 8. The summed E-state index contributed by atoms with van der Waals surface area (Å²) < 4.78 is 23.6. The second kappa shape index (κ2) is 10.6. The molecule has 2 amide bonds. The maximum atomic E-state index is 13.8. The lowest BCUT2D eigenvalue weighted by Crippen LogP contribution is -2.65. The lowest BCUT2D eigenvalue weighted by molar-refractivity contribution is -0.137. The summed E-state index contributed by atoms with van der Waals surface area (Å²) in [6.07, 6.45) is 1.70. The van der Waals surface area contributed by atoms with Gasteiger partial charge in [-0.3, -0.25) is 19.9 Å². The Bertz CT molecular complexity index is 1340. The molecule has 0 radical (unpaired) electrons. The van der Waals surface area contributed by atoms with Gasteiger partial charge in [0.05, 0.1) is 19.1 Å². The highest BCUT2D eigenvalue weighted by Crippen LogP contribution is 2.49. The Morgan fingerprint density at radius 2 is 1.85 bits per heavy atom. The number of nitrogens with one attached hydrogen (secondary N) is 3. The van der Waals surface area contributed by atoms with E-state index in [0.717, 1.165) is 18.4 Å². The zero-order chi connectivity index (χ0) is 29.6. The van der Waals surface area contributed by atoms with Crippen molar-refractivity contribution in [2.75, 3.05) is 27.4 Å². The van der Waals surface area contributed by atoms with E-state index in [2.05, 4.69) is 10.6 Å². The zero-order valence-electron chi connectivity index (χ0n) is 24.6. The van der Waals surface area contributed by atoms with Gasteiger partial charge in [0.2, 0.25) is 5.91 Å². The molecule has 10 heteroatoms. The average Bonchev–Trinajstić information content (AvgIpc) is 3.24. The number of benzene rings is 2. The molecule has 41 heavy (non-hydrogen) atoms. The monoisotopic (exact) mass is 564 g/mol. The van der Waals surface area contributed by atoms with Gasteiger partial charge in [-0.1, -0.05) is 32.0 Å². The highest BCUT2D eigenvalue weighted by atomic mass is 16.5. The Labute approximate surface area is 241 Å². The number of amides is 2. The summed E-state index contributed by atoms with van der Waals surface area (Å²) in [5, 5.41) is 15.4. The van der Waals surface area contributed by atoms with Crippen molar-refractivity contribution >= 4 is 17.8 Å². The Morgan fingerprint density at radius 1 is 1.12 bits per heavy atom. The molecule has 0 aliphatic carbocycles. The molecule has 10 nitrogen and oxygen atoms in total. The zero-order valence-corrected chi connectivity index (χ0v) is 24.6. The van der Waals surface area contributed by atoms with Crippen LogP contribution in [0.15, 0.2) is 42.5 Å². The number of hydrogen-bond acceptors (Lipinski definition) is 7. The van der Waals surface area contributed by atoms with Gasteiger partial charge in [-0.2, -0.15) is 0 Å². The Morgan fingerprint density at radius 3 is 2.51 bits per heavy atom. The average molecular weight is 565 g/mol. The van der Waals surface area contributed by atoms with E-state index in [-0.39, 0.29) is 37.4 Å². The summed E-state index contributed by atoms with van der Waals surface area (Å²) in [5.74, 6) is 0.817. The molecule has 2 aromatic carbocycles. The first-order chi connectivity index (χ1) is 19.5. The Hall–Kier alpha value is -3.63. The number of ether oxygens (including phenoxy) is 4. The van der Waals surface area contributed by atoms with Gasteiger partial charge in [-0.25, -0.2) is 0 Å². The molecule has 220 valence electrons. The predicted molar refractivity (Wildman–Crippen MR) is 153 cm³/mol. The molecule has 0 unspecified atom stereocenters. The quantitative estimate of drug-likeness (QED) is 0.441. The standard InChI is InChI=1S/C31H40N4O6/c1-7-31(8-2)16-24(36)35(28(32)34-31)26-21-15-19(13-14-23(21)41-30(26,4)17-38-5)27(37)33-25-20-11-9-10-12-22(20)40-18-29(25,3)39-6/h9-15,25-26H,7-8,16-18H2,1-6H3,(H2,32,34)(H,33,37)/t25-,26+,29+,30-/m1/s1. The molecule has 0 aromatic heterocycles. The SMILES string of the molecule is CCC1(CC)CC(=O)N([C@H]2c3cc(C(=O)N[C@@H]4c5ccccc5OC[C@]4(C)OC)ccc3O[C@]2(C)COC)C(=N)N1. The van der Waals surface area contributed by atoms with Crippen molar-refractivity contribution in [3.05, 3.63) is 59.2 Å². The van der Waals surface area contributed by atoms with E-state index < -0.39 is 28.8 Å². The van der Waals surface area contributed by atoms with E-state index in [0.29, 0.717) is 22.6 Å². The minimum absolute atomic E-state index is 0.0262. The highest BCUT2D eigenvalue weighted by molar-refractivity contribution is 6.00. The van der Waals surface area contributed by atoms with Crippen LogP contribution in [0, 0.1) is 5.41 Å². The van der Waals surface area contributed by atoms with Crippen molar-refractivity contribution in [1.82, 2.24) is 15.5 Å². The van der Waals surface area contributed by atoms with Crippen LogP contribution in [0.3, 0.4) is 0 Å². The van der Waals surface area contributed by atoms with Crippen molar-refractivity contribution in [1.29, 1.82) is 5.41 Å². The molecule has 0 bridgehead atoms. The predicted octanol–water partition coefficient (Wildman–Crippen LogP) is 4.11. The molecule has 3 heterocycles. The number of carbonyl (C=O) groups is 2. The lowest BCUT2D eigenvalue weighted by Gasteiger charge is -2.46. The first-order valence-electron chi connectivity index (χ1n) is 14.1. The van der Waals surface area contributed by atoms with Gasteiger partial charge in [-0.05, 0) is 51.0 Å². The van der Waals surface area contributed by atoms with Gasteiger partial charge < -0.3 is 29.6 Å². The second-order valence-electron chi connectivity index (χ2n) is 11.7. The molecule has 3 N–H and O–H groups in total. The number of guanidine groups is 1. The van der Waals surface area contributed by atoms with Gasteiger partial charge in [0.15, 0.2) is 11.6 Å². The molecule has 3 aliphatic heterocycles. The van der Waals surface area contributed by atoms with Crippen LogP contribution in [-0.4, -0.2) is 66.8 Å². The molecule has 3 aliphatic rings. The number of carbonyl (C=O) groups excluding carboxylic acids is 2. The minimum atomic E-state index is -0.970. The molecule has 0 spiro atoms. The fourth-order valence-corrected chi connectivity index (χ4v) is 6.35. The number of nitrogens with zero attached hydrogens (tertiary/aromatic N) is 1. The second-order valence-corrected chi connectivity index (χ2v) is 11.7. The molecule has 1 fully saturated rings. The summed E-state index contributed by atoms with van der Waals surface area (Å²) in [5.41, 5.74) is -0.320. The van der Waals surface area contributed by atoms with Gasteiger partial charge in [0.25, 0.3) is 5.91 Å². The topological polar surface area (TPSA) is 122 Å². The summed E-state index contributed by atoms with van der Waals surface area (Å²) in [6.45, 7) is 8.28. The van der Waals surface area contributed by atoms with Crippen LogP contribution >= 0.6 is 0 Å². The Balaban J connectivity index is 1.50. The first-order valence-corrected chi connectivity index (χ1v) is 14.1. The van der Waals surface area contributed by atoms with Crippen LogP contribution in [0.1, 0.15) is 80.5 Å². The van der Waals surface area contributed by atoms with Crippen molar-refractivity contribution in [3.8, 4) is 11.5 Å². The maximum Gasteiger partial charge on any atom is 0.251 e. The third-order valence-corrected chi connectivity index (χ3v) is 9.01. The van der Waals surface area contributed by atoms with E-state index >= 15 is 0 Å². The van der Waals surface area contributed by atoms with Crippen LogP contribution in [0.2, 0.25) is 0 Å². The first kappa shape index (κ1) is 28.9. The van der Waals surface area contributed by atoms with E-state index in [1.54, 1.807) is 32.4 Å². The van der Waals surface area contributed by atoms with Crippen LogP contribution in [0.4, 0.5) is 0 Å². The molecule has 5 rings (SSSR count). The molecule has 0 saturated carbocycles. The smallest absolute Gasteiger partial charge is 0.251 e. The fourth-order valence-electron chi connectivity index (χ4n) is 6.35. The largest absolute Gasteiger partial charge is 0.490 e. The highest BCUT2D eigenvalue weighted by Gasteiger charge is 2.54. The third-order valence-electron chi connectivity index (χ3n) is 9.01. The van der Waals surface area contributed by atoms with Crippen LogP contribution in [0.5, 0.6) is 11.5 Å². The number of hydrogen-bond donors (Lipinski definition) is 3. The number of methoxy groups -OCH3 is 2. The lowest BCUT2D eigenvalue weighted by atomic mass is 9.84. The molecule has 2 aromatic rings. The summed E-state index contributed by atoms with van der Waals surface area (Å²) >= 11 is 0. The van der Waals surface area contributed by atoms with Crippen LogP contribution < -0.4 is 20.1 Å². The molecule has 4 atom stereocenters. The summed E-state index contributed by atoms with van der Waals surface area (Å²) in [7, 11) is 3.18. The fraction of sp³-hybridized carbons (Fsp3) is 0.516. The normalized spacial score (nSPS) is 28.2. The van der Waals surface area contributed by atoms with Gasteiger partial charge in [0.1, 0.15) is 29.7 Å². The van der Waals surface area contributed by atoms with E-state index in [1.807, 2.05) is 52.0 Å². The van der Waals surface area contributed by atoms with Gasteiger partial charge >= 0.3 is 0 Å². The van der Waals surface area contributed by atoms with E-state index in [9.17, 15) is 9.59 Å². The van der Waals surface area contributed by atoms with E-state index in [1.165, 1.54) is 4.90 Å².